The van der Waals surface area contributed by atoms with Gasteiger partial charge >= 0.3 is 6.03 Å². The fraction of sp³-hybridized carbons (Fsp3) is 0.429. The lowest BCUT2D eigenvalue weighted by molar-refractivity contribution is -0.117. The van der Waals surface area contributed by atoms with Crippen LogP contribution in [0.3, 0.4) is 0 Å². The molecule has 5 heteroatoms. The van der Waals surface area contributed by atoms with Crippen LogP contribution in [0.25, 0.3) is 0 Å². The van der Waals surface area contributed by atoms with Gasteiger partial charge in [0, 0.05) is 11.7 Å². The second kappa shape index (κ2) is 6.78. The highest BCUT2D eigenvalue weighted by Gasteiger charge is 2.10. The highest BCUT2D eigenvalue weighted by atomic mass is 16.2. The fourth-order valence-electron chi connectivity index (χ4n) is 1.45. The van der Waals surface area contributed by atoms with Crippen molar-refractivity contribution in [3.8, 4) is 0 Å². The Labute approximate surface area is 113 Å². The monoisotopic (exact) mass is 263 g/mol. The molecule has 1 rings (SSSR count). The minimum atomic E-state index is -0.371. The zero-order valence-corrected chi connectivity index (χ0v) is 11.6. The van der Waals surface area contributed by atoms with Gasteiger partial charge in [-0.1, -0.05) is 26.0 Å². The van der Waals surface area contributed by atoms with Crippen LogP contribution in [-0.2, 0) is 11.2 Å². The van der Waals surface area contributed by atoms with Crippen molar-refractivity contribution < 1.29 is 9.59 Å². The summed E-state index contributed by atoms with van der Waals surface area (Å²) in [6, 6.07) is 6.91. The number of nitrogens with one attached hydrogen (secondary N) is 2. The van der Waals surface area contributed by atoms with E-state index in [1.54, 1.807) is 24.3 Å². The summed E-state index contributed by atoms with van der Waals surface area (Å²) >= 11 is 0. The molecule has 5 nitrogen and oxygen atoms in total. The average molecular weight is 263 g/mol. The van der Waals surface area contributed by atoms with Gasteiger partial charge in [-0.25, -0.2) is 4.79 Å². The molecule has 0 aliphatic heterocycles. The first-order chi connectivity index (χ1) is 8.88. The summed E-state index contributed by atoms with van der Waals surface area (Å²) in [4.78, 5) is 22.5. The minimum absolute atomic E-state index is 0.106. The number of nitrogens with two attached hydrogens (primary N) is 1. The second-order valence-electron chi connectivity index (χ2n) is 4.97. The van der Waals surface area contributed by atoms with Crippen molar-refractivity contribution in [3.63, 3.8) is 0 Å². The Morgan fingerprint density at radius 2 is 1.74 bits per heavy atom. The number of hydrogen-bond donors (Lipinski definition) is 3. The highest BCUT2D eigenvalue weighted by molar-refractivity contribution is 5.89. The number of carbonyl (C=O) groups excluding carboxylic acids is 2. The summed E-state index contributed by atoms with van der Waals surface area (Å²) in [7, 11) is 0. The molecule has 0 aromatic heterocycles. The molecule has 0 aliphatic rings. The first-order valence-electron chi connectivity index (χ1n) is 6.33. The SMILES string of the molecule is CC(C)C(C)NC(=O)Nc1ccc(CC(N)=O)cc1. The Morgan fingerprint density at radius 3 is 2.21 bits per heavy atom. The Bertz CT molecular complexity index is 441. The Balaban J connectivity index is 2.53. The van der Waals surface area contributed by atoms with Gasteiger partial charge in [0.25, 0.3) is 0 Å². The number of amides is 3. The largest absolute Gasteiger partial charge is 0.369 e. The molecule has 104 valence electrons. The molecule has 19 heavy (non-hydrogen) atoms. The van der Waals surface area contributed by atoms with E-state index >= 15 is 0 Å². The first kappa shape index (κ1) is 15.0. The van der Waals surface area contributed by atoms with E-state index in [-0.39, 0.29) is 24.4 Å². The number of primary amides is 1. The molecule has 1 aromatic rings. The van der Waals surface area contributed by atoms with Gasteiger partial charge in [0.15, 0.2) is 0 Å². The van der Waals surface area contributed by atoms with Crippen LogP contribution in [0.1, 0.15) is 26.3 Å². The number of benzene rings is 1. The summed E-state index contributed by atoms with van der Waals surface area (Å²) in [6.07, 6.45) is 0.205. The quantitative estimate of drug-likeness (QED) is 0.757. The van der Waals surface area contributed by atoms with Crippen LogP contribution < -0.4 is 16.4 Å². The average Bonchev–Trinajstić information content (AvgIpc) is 2.30. The summed E-state index contributed by atoms with van der Waals surface area (Å²) in [5.74, 6) is 0.00732. The van der Waals surface area contributed by atoms with Crippen LogP contribution in [0.5, 0.6) is 0 Å². The van der Waals surface area contributed by atoms with E-state index in [2.05, 4.69) is 10.6 Å². The van der Waals surface area contributed by atoms with Gasteiger partial charge in [0.05, 0.1) is 6.42 Å². The van der Waals surface area contributed by atoms with Crippen LogP contribution in [0.4, 0.5) is 10.5 Å². The van der Waals surface area contributed by atoms with E-state index in [1.807, 2.05) is 20.8 Å². The van der Waals surface area contributed by atoms with Crippen molar-refractivity contribution in [2.24, 2.45) is 11.7 Å². The lowest BCUT2D eigenvalue weighted by Gasteiger charge is -2.17. The Morgan fingerprint density at radius 1 is 1.16 bits per heavy atom. The maximum atomic E-state index is 11.7. The van der Waals surface area contributed by atoms with Gasteiger partial charge in [-0.05, 0) is 30.5 Å². The molecule has 0 aliphatic carbocycles. The van der Waals surface area contributed by atoms with Gasteiger partial charge in [-0.2, -0.15) is 0 Å². The first-order valence-corrected chi connectivity index (χ1v) is 6.33. The fourth-order valence-corrected chi connectivity index (χ4v) is 1.45. The molecule has 1 unspecified atom stereocenters. The van der Waals surface area contributed by atoms with Crippen molar-refractivity contribution >= 4 is 17.6 Å². The summed E-state index contributed by atoms with van der Waals surface area (Å²) < 4.78 is 0. The van der Waals surface area contributed by atoms with Crippen molar-refractivity contribution in [1.29, 1.82) is 0 Å². The summed E-state index contributed by atoms with van der Waals surface area (Å²) in [5.41, 5.74) is 6.62. The van der Waals surface area contributed by atoms with Crippen LogP contribution in [-0.4, -0.2) is 18.0 Å². The van der Waals surface area contributed by atoms with E-state index in [1.165, 1.54) is 0 Å². The third kappa shape index (κ3) is 5.42. The standard InChI is InChI=1S/C14H21N3O2/c1-9(2)10(3)16-14(19)17-12-6-4-11(5-7-12)8-13(15)18/h4-7,9-10H,8H2,1-3H3,(H2,15,18)(H2,16,17,19). The summed E-state index contributed by atoms with van der Waals surface area (Å²) in [6.45, 7) is 6.05. The Kier molecular flexibility index (Phi) is 5.36. The van der Waals surface area contributed by atoms with E-state index in [9.17, 15) is 9.59 Å². The lowest BCUT2D eigenvalue weighted by Crippen LogP contribution is -2.38. The highest BCUT2D eigenvalue weighted by Crippen LogP contribution is 2.10. The van der Waals surface area contributed by atoms with Gasteiger partial charge in [-0.15, -0.1) is 0 Å². The predicted molar refractivity (Wildman–Crippen MR) is 75.8 cm³/mol. The van der Waals surface area contributed by atoms with E-state index < -0.39 is 0 Å². The molecular formula is C14H21N3O2. The van der Waals surface area contributed by atoms with Gasteiger partial charge < -0.3 is 16.4 Å². The topological polar surface area (TPSA) is 84.2 Å². The molecule has 0 saturated carbocycles. The van der Waals surface area contributed by atoms with E-state index in [4.69, 9.17) is 5.73 Å². The maximum Gasteiger partial charge on any atom is 0.319 e. The van der Waals surface area contributed by atoms with Crippen molar-refractivity contribution in [2.45, 2.75) is 33.2 Å². The van der Waals surface area contributed by atoms with E-state index in [0.29, 0.717) is 11.6 Å². The van der Waals surface area contributed by atoms with Crippen LogP contribution >= 0.6 is 0 Å². The molecule has 0 heterocycles. The van der Waals surface area contributed by atoms with Crippen LogP contribution in [0.2, 0.25) is 0 Å². The van der Waals surface area contributed by atoms with Crippen LogP contribution in [0.15, 0.2) is 24.3 Å². The van der Waals surface area contributed by atoms with Gasteiger partial charge in [0.1, 0.15) is 0 Å². The van der Waals surface area contributed by atoms with Crippen LogP contribution in [0, 0.1) is 5.92 Å². The Hall–Kier alpha value is -2.04. The minimum Gasteiger partial charge on any atom is -0.369 e. The normalized spacial score (nSPS) is 12.0. The number of rotatable bonds is 5. The number of carbonyl (C=O) groups is 2. The zero-order chi connectivity index (χ0) is 14.4. The molecule has 0 radical (unpaired) electrons. The third-order valence-corrected chi connectivity index (χ3v) is 2.95. The number of hydrogen-bond acceptors (Lipinski definition) is 2. The molecule has 0 fully saturated rings. The number of urea groups is 1. The zero-order valence-electron chi connectivity index (χ0n) is 11.6. The molecular weight excluding hydrogens is 242 g/mol. The molecule has 4 N–H and O–H groups in total. The van der Waals surface area contributed by atoms with Crippen molar-refractivity contribution in [1.82, 2.24) is 5.32 Å². The number of anilines is 1. The third-order valence-electron chi connectivity index (χ3n) is 2.95. The van der Waals surface area contributed by atoms with Gasteiger partial charge in [0.2, 0.25) is 5.91 Å². The van der Waals surface area contributed by atoms with E-state index in [0.717, 1.165) is 5.56 Å². The second-order valence-corrected chi connectivity index (χ2v) is 4.97. The molecule has 0 spiro atoms. The molecule has 0 saturated heterocycles. The van der Waals surface area contributed by atoms with Crippen molar-refractivity contribution in [2.75, 3.05) is 5.32 Å². The van der Waals surface area contributed by atoms with Crippen molar-refractivity contribution in [3.05, 3.63) is 29.8 Å². The smallest absolute Gasteiger partial charge is 0.319 e. The predicted octanol–water partition coefficient (Wildman–Crippen LogP) is 1.88. The molecule has 3 amide bonds. The maximum absolute atomic E-state index is 11.7. The van der Waals surface area contributed by atoms with Gasteiger partial charge in [-0.3, -0.25) is 4.79 Å². The molecule has 1 atom stereocenters. The summed E-state index contributed by atoms with van der Waals surface area (Å²) in [5, 5.41) is 5.59. The molecule has 1 aromatic carbocycles. The molecule has 0 bridgehead atoms. The lowest BCUT2D eigenvalue weighted by atomic mass is 10.1.